The highest BCUT2D eigenvalue weighted by Gasteiger charge is 1.96. The minimum absolute atomic E-state index is 0.624. The van der Waals surface area contributed by atoms with Crippen LogP contribution < -0.4 is 0 Å². The van der Waals surface area contributed by atoms with E-state index in [1.54, 1.807) is 0 Å². The molecular weight excluding hydrogens is 264 g/mol. The van der Waals surface area contributed by atoms with E-state index in [2.05, 4.69) is 31.2 Å². The van der Waals surface area contributed by atoms with Gasteiger partial charge in [0, 0.05) is 5.88 Å². The summed E-state index contributed by atoms with van der Waals surface area (Å²) < 4.78 is 0. The van der Waals surface area contributed by atoms with Crippen LogP contribution in [0, 0.1) is 0 Å². The summed E-state index contributed by atoms with van der Waals surface area (Å²) in [5, 5.41) is 0. The number of benzene rings is 1. The molecule has 0 nitrogen and oxygen atoms in total. The molecule has 1 heteroatoms. The second-order valence-corrected chi connectivity index (χ2v) is 6.15. The summed E-state index contributed by atoms with van der Waals surface area (Å²) in [5.74, 6) is 0.624. The van der Waals surface area contributed by atoms with Crippen LogP contribution in [0.1, 0.15) is 82.3 Å². The molecule has 0 saturated carbocycles. The Morgan fingerprint density at radius 3 is 1.60 bits per heavy atom. The fourth-order valence-electron chi connectivity index (χ4n) is 2.61. The monoisotopic (exact) mass is 294 g/mol. The minimum Gasteiger partial charge on any atom is -0.122 e. The number of rotatable bonds is 12. The number of alkyl halides is 1. The zero-order valence-corrected chi connectivity index (χ0v) is 13.9. The van der Waals surface area contributed by atoms with Crippen molar-refractivity contribution < 1.29 is 0 Å². The quantitative estimate of drug-likeness (QED) is 0.291. The Bertz CT molecular complexity index is 315. The summed E-state index contributed by atoms with van der Waals surface area (Å²) >= 11 is 5.79. The molecule has 0 heterocycles. The van der Waals surface area contributed by atoms with Crippen LogP contribution in [0.25, 0.3) is 0 Å². The smallest absolute Gasteiger partial charge is 0.0474 e. The first-order valence-corrected chi connectivity index (χ1v) is 9.04. The van der Waals surface area contributed by atoms with Gasteiger partial charge in [0.15, 0.2) is 0 Å². The minimum atomic E-state index is 0.624. The zero-order valence-electron chi connectivity index (χ0n) is 13.2. The molecule has 0 aliphatic carbocycles. The van der Waals surface area contributed by atoms with Crippen LogP contribution in [0.5, 0.6) is 0 Å². The average molecular weight is 295 g/mol. The van der Waals surface area contributed by atoms with Crippen molar-refractivity contribution in [3.8, 4) is 0 Å². The molecule has 20 heavy (non-hydrogen) atoms. The Balaban J connectivity index is 1.91. The molecule has 0 fully saturated rings. The molecule has 1 aromatic rings. The van der Waals surface area contributed by atoms with Gasteiger partial charge in [0.25, 0.3) is 0 Å². The molecule has 1 aromatic carbocycles. The van der Waals surface area contributed by atoms with Crippen LogP contribution in [-0.4, -0.2) is 0 Å². The van der Waals surface area contributed by atoms with Crippen molar-refractivity contribution >= 4 is 11.6 Å². The van der Waals surface area contributed by atoms with E-state index in [4.69, 9.17) is 11.6 Å². The average Bonchev–Trinajstić information content (AvgIpc) is 2.50. The highest BCUT2D eigenvalue weighted by molar-refractivity contribution is 6.17. The van der Waals surface area contributed by atoms with Gasteiger partial charge in [0.1, 0.15) is 0 Å². The van der Waals surface area contributed by atoms with E-state index in [1.807, 2.05) is 0 Å². The molecule has 0 saturated heterocycles. The van der Waals surface area contributed by atoms with E-state index in [-0.39, 0.29) is 0 Å². The van der Waals surface area contributed by atoms with Crippen LogP contribution in [-0.2, 0) is 12.3 Å². The molecule has 0 aliphatic heterocycles. The van der Waals surface area contributed by atoms with Crippen LogP contribution in [0.4, 0.5) is 0 Å². The molecule has 0 aliphatic rings. The van der Waals surface area contributed by atoms with Gasteiger partial charge < -0.3 is 0 Å². The van der Waals surface area contributed by atoms with Crippen molar-refractivity contribution in [2.75, 3.05) is 0 Å². The molecule has 0 bridgehead atoms. The molecule has 0 aromatic heterocycles. The van der Waals surface area contributed by atoms with Crippen LogP contribution in [0.15, 0.2) is 24.3 Å². The SMILES string of the molecule is CCCCCCCCCCCCc1ccc(CCl)cc1. The normalized spacial score (nSPS) is 10.9. The summed E-state index contributed by atoms with van der Waals surface area (Å²) in [6, 6.07) is 8.76. The van der Waals surface area contributed by atoms with Gasteiger partial charge in [0.2, 0.25) is 0 Å². The first-order valence-electron chi connectivity index (χ1n) is 8.50. The number of hydrogen-bond donors (Lipinski definition) is 0. The van der Waals surface area contributed by atoms with Gasteiger partial charge in [-0.2, -0.15) is 0 Å². The van der Waals surface area contributed by atoms with Crippen LogP contribution in [0.2, 0.25) is 0 Å². The van der Waals surface area contributed by atoms with E-state index in [9.17, 15) is 0 Å². The first kappa shape index (κ1) is 17.6. The summed E-state index contributed by atoms with van der Waals surface area (Å²) in [6.45, 7) is 2.28. The Labute approximate surface area is 130 Å². The van der Waals surface area contributed by atoms with Crippen molar-refractivity contribution in [1.29, 1.82) is 0 Å². The fraction of sp³-hybridized carbons (Fsp3) is 0.684. The molecule has 0 amide bonds. The maximum atomic E-state index is 5.79. The van der Waals surface area contributed by atoms with Gasteiger partial charge in [-0.05, 0) is 24.0 Å². The summed E-state index contributed by atoms with van der Waals surface area (Å²) in [6.07, 6.45) is 15.3. The highest BCUT2D eigenvalue weighted by Crippen LogP contribution is 2.13. The summed E-state index contributed by atoms with van der Waals surface area (Å²) in [4.78, 5) is 0. The Kier molecular flexibility index (Phi) is 10.8. The van der Waals surface area contributed by atoms with Crippen molar-refractivity contribution in [2.45, 2.75) is 83.4 Å². The van der Waals surface area contributed by atoms with Crippen LogP contribution in [0.3, 0.4) is 0 Å². The molecule has 114 valence electrons. The Hall–Kier alpha value is -0.490. The largest absolute Gasteiger partial charge is 0.122 e. The van der Waals surface area contributed by atoms with Gasteiger partial charge in [-0.1, -0.05) is 89.0 Å². The predicted octanol–water partition coefficient (Wildman–Crippen LogP) is 6.89. The number of halogens is 1. The maximum Gasteiger partial charge on any atom is 0.0474 e. The van der Waals surface area contributed by atoms with Crippen molar-refractivity contribution in [1.82, 2.24) is 0 Å². The molecule has 0 spiro atoms. The summed E-state index contributed by atoms with van der Waals surface area (Å²) in [5.41, 5.74) is 2.68. The fourth-order valence-corrected chi connectivity index (χ4v) is 2.79. The lowest BCUT2D eigenvalue weighted by Crippen LogP contribution is -1.87. The number of unbranched alkanes of at least 4 members (excludes halogenated alkanes) is 9. The van der Waals surface area contributed by atoms with Gasteiger partial charge >= 0.3 is 0 Å². The van der Waals surface area contributed by atoms with Gasteiger partial charge in [-0.25, -0.2) is 0 Å². The van der Waals surface area contributed by atoms with E-state index < -0.39 is 0 Å². The van der Waals surface area contributed by atoms with E-state index >= 15 is 0 Å². The van der Waals surface area contributed by atoms with E-state index in [0.29, 0.717) is 5.88 Å². The second-order valence-electron chi connectivity index (χ2n) is 5.88. The molecule has 0 unspecified atom stereocenters. The van der Waals surface area contributed by atoms with E-state index in [1.165, 1.54) is 81.8 Å². The number of hydrogen-bond acceptors (Lipinski definition) is 0. The van der Waals surface area contributed by atoms with Crippen LogP contribution >= 0.6 is 11.6 Å². The molecule has 0 radical (unpaired) electrons. The lowest BCUT2D eigenvalue weighted by molar-refractivity contribution is 0.556. The number of aryl methyl sites for hydroxylation is 1. The van der Waals surface area contributed by atoms with Crippen molar-refractivity contribution in [3.05, 3.63) is 35.4 Å². The topological polar surface area (TPSA) is 0 Å². The second kappa shape index (κ2) is 12.3. The van der Waals surface area contributed by atoms with Crippen molar-refractivity contribution in [3.63, 3.8) is 0 Å². The van der Waals surface area contributed by atoms with Crippen molar-refractivity contribution in [2.24, 2.45) is 0 Å². The van der Waals surface area contributed by atoms with Gasteiger partial charge in [-0.15, -0.1) is 11.6 Å². The maximum absolute atomic E-state index is 5.79. The molecule has 1 rings (SSSR count). The third-order valence-electron chi connectivity index (χ3n) is 4.00. The third-order valence-corrected chi connectivity index (χ3v) is 4.30. The standard InChI is InChI=1S/C19H31Cl/c1-2-3-4-5-6-7-8-9-10-11-12-18-13-15-19(17-20)16-14-18/h13-16H,2-12,17H2,1H3. The highest BCUT2D eigenvalue weighted by atomic mass is 35.5. The van der Waals surface area contributed by atoms with E-state index in [0.717, 1.165) is 0 Å². The summed E-state index contributed by atoms with van der Waals surface area (Å²) in [7, 11) is 0. The molecule has 0 N–H and O–H groups in total. The molecular formula is C19H31Cl. The first-order chi connectivity index (χ1) is 9.86. The molecule has 0 atom stereocenters. The predicted molar refractivity (Wildman–Crippen MR) is 91.5 cm³/mol. The zero-order chi connectivity index (χ0) is 14.5. The van der Waals surface area contributed by atoms with Gasteiger partial charge in [-0.3, -0.25) is 0 Å². The van der Waals surface area contributed by atoms with Gasteiger partial charge in [0.05, 0.1) is 0 Å². The lowest BCUT2D eigenvalue weighted by atomic mass is 10.0. The lowest BCUT2D eigenvalue weighted by Gasteiger charge is -2.04. The third kappa shape index (κ3) is 8.64. The Morgan fingerprint density at radius 2 is 1.10 bits per heavy atom. The Morgan fingerprint density at radius 1 is 0.650 bits per heavy atom.